The molecular formula is C18H18N4O4S. The minimum Gasteiger partial charge on any atom is -0.470 e. The van der Waals surface area contributed by atoms with Gasteiger partial charge in [-0.3, -0.25) is 4.79 Å². The second-order valence-electron chi connectivity index (χ2n) is 6.07. The van der Waals surface area contributed by atoms with Gasteiger partial charge >= 0.3 is 0 Å². The molecule has 140 valence electrons. The zero-order valence-corrected chi connectivity index (χ0v) is 15.3. The molecule has 1 aliphatic heterocycles. The van der Waals surface area contributed by atoms with Crippen LogP contribution in [0.25, 0.3) is 0 Å². The summed E-state index contributed by atoms with van der Waals surface area (Å²) >= 11 is 0. The van der Waals surface area contributed by atoms with Crippen LogP contribution >= 0.6 is 0 Å². The maximum absolute atomic E-state index is 12.4. The Morgan fingerprint density at radius 2 is 2.00 bits per heavy atom. The molecular weight excluding hydrogens is 368 g/mol. The van der Waals surface area contributed by atoms with Gasteiger partial charge in [0.2, 0.25) is 11.6 Å². The van der Waals surface area contributed by atoms with E-state index in [1.54, 1.807) is 23.1 Å². The molecule has 0 radical (unpaired) electrons. The van der Waals surface area contributed by atoms with Gasteiger partial charge in [0.15, 0.2) is 9.84 Å². The maximum atomic E-state index is 12.4. The predicted molar refractivity (Wildman–Crippen MR) is 95.5 cm³/mol. The van der Waals surface area contributed by atoms with Crippen LogP contribution in [0, 0.1) is 11.3 Å². The molecule has 3 rings (SSSR count). The van der Waals surface area contributed by atoms with Crippen LogP contribution in [0.3, 0.4) is 0 Å². The van der Waals surface area contributed by atoms with Crippen molar-refractivity contribution in [3.05, 3.63) is 48.4 Å². The highest BCUT2D eigenvalue weighted by molar-refractivity contribution is 7.91. The second-order valence-corrected chi connectivity index (χ2v) is 8.18. The minimum absolute atomic E-state index is 0.0848. The van der Waals surface area contributed by atoms with Crippen molar-refractivity contribution in [1.82, 2.24) is 14.9 Å². The molecule has 1 fully saturated rings. The highest BCUT2D eigenvalue weighted by atomic mass is 32.2. The standard InChI is InChI=1S/C18H18N4O4S/c19-12-16-18(21-9-8-20-16)26-14-6-10-22(13-14)17(23)7-11-27(24,25)15-4-2-1-3-5-15/h1-5,8-9,14H,6-7,10-11,13H2. The van der Waals surface area contributed by atoms with Gasteiger partial charge in [0, 0.05) is 31.8 Å². The normalized spacial score (nSPS) is 16.7. The van der Waals surface area contributed by atoms with Gasteiger partial charge < -0.3 is 9.64 Å². The summed E-state index contributed by atoms with van der Waals surface area (Å²) in [5, 5.41) is 9.02. The topological polar surface area (TPSA) is 113 Å². The van der Waals surface area contributed by atoms with Gasteiger partial charge in [-0.05, 0) is 12.1 Å². The van der Waals surface area contributed by atoms with Crippen molar-refractivity contribution in [2.75, 3.05) is 18.8 Å². The number of carbonyl (C=O) groups is 1. The smallest absolute Gasteiger partial charge is 0.251 e. The molecule has 0 spiro atoms. The number of carbonyl (C=O) groups excluding carboxylic acids is 1. The Balaban J connectivity index is 1.54. The van der Waals surface area contributed by atoms with Crippen LogP contribution in [0.15, 0.2) is 47.6 Å². The average Bonchev–Trinajstić information content (AvgIpc) is 3.16. The van der Waals surface area contributed by atoms with Crippen molar-refractivity contribution in [2.24, 2.45) is 0 Å². The number of nitriles is 1. The number of aromatic nitrogens is 2. The van der Waals surface area contributed by atoms with E-state index in [0.717, 1.165) is 0 Å². The number of likely N-dealkylation sites (tertiary alicyclic amines) is 1. The van der Waals surface area contributed by atoms with Gasteiger partial charge in [-0.2, -0.15) is 5.26 Å². The first-order valence-corrected chi connectivity index (χ1v) is 10.1. The van der Waals surface area contributed by atoms with Crippen molar-refractivity contribution in [3.8, 4) is 11.9 Å². The van der Waals surface area contributed by atoms with Gasteiger partial charge in [-0.1, -0.05) is 18.2 Å². The summed E-state index contributed by atoms with van der Waals surface area (Å²) < 4.78 is 30.3. The molecule has 9 heteroatoms. The third-order valence-electron chi connectivity index (χ3n) is 4.23. The summed E-state index contributed by atoms with van der Waals surface area (Å²) in [5.41, 5.74) is 0.0937. The lowest BCUT2D eigenvalue weighted by molar-refractivity contribution is -0.130. The van der Waals surface area contributed by atoms with E-state index < -0.39 is 9.84 Å². The average molecular weight is 386 g/mol. The molecule has 0 saturated carbocycles. The Kier molecular flexibility index (Phi) is 5.66. The maximum Gasteiger partial charge on any atom is 0.251 e. The van der Waals surface area contributed by atoms with E-state index in [9.17, 15) is 13.2 Å². The van der Waals surface area contributed by atoms with E-state index >= 15 is 0 Å². The van der Waals surface area contributed by atoms with E-state index in [2.05, 4.69) is 9.97 Å². The third-order valence-corrected chi connectivity index (χ3v) is 5.97. The number of rotatable bonds is 6. The zero-order valence-electron chi connectivity index (χ0n) is 14.5. The number of benzene rings is 1. The van der Waals surface area contributed by atoms with Gasteiger partial charge in [-0.25, -0.2) is 18.4 Å². The minimum atomic E-state index is -3.49. The molecule has 1 unspecified atom stereocenters. The van der Waals surface area contributed by atoms with Crippen molar-refractivity contribution < 1.29 is 17.9 Å². The summed E-state index contributed by atoms with van der Waals surface area (Å²) in [7, 11) is -3.49. The lowest BCUT2D eigenvalue weighted by atomic mass is 10.3. The number of hydrogen-bond acceptors (Lipinski definition) is 7. The lowest BCUT2D eigenvalue weighted by Crippen LogP contribution is -2.32. The molecule has 2 aromatic rings. The number of hydrogen-bond donors (Lipinski definition) is 0. The summed E-state index contributed by atoms with van der Waals surface area (Å²) in [6, 6.07) is 10.00. The molecule has 0 bridgehead atoms. The van der Waals surface area contributed by atoms with Crippen molar-refractivity contribution >= 4 is 15.7 Å². The van der Waals surface area contributed by atoms with Gasteiger partial charge in [-0.15, -0.1) is 0 Å². The van der Waals surface area contributed by atoms with E-state index in [1.165, 1.54) is 24.5 Å². The van der Waals surface area contributed by atoms with Crippen molar-refractivity contribution in [3.63, 3.8) is 0 Å². The first kappa shape index (κ1) is 18.8. The first-order chi connectivity index (χ1) is 13.0. The van der Waals surface area contributed by atoms with Crippen LogP contribution in [0.5, 0.6) is 5.88 Å². The van der Waals surface area contributed by atoms with E-state index in [0.29, 0.717) is 19.5 Å². The number of sulfone groups is 1. The summed E-state index contributed by atoms with van der Waals surface area (Å²) in [6.45, 7) is 0.794. The van der Waals surface area contributed by atoms with Gasteiger partial charge in [0.05, 0.1) is 17.2 Å². The zero-order chi connectivity index (χ0) is 19.3. The van der Waals surface area contributed by atoms with Gasteiger partial charge in [0.1, 0.15) is 12.2 Å². The molecule has 1 aromatic heterocycles. The Morgan fingerprint density at radius 1 is 1.26 bits per heavy atom. The molecule has 0 aliphatic carbocycles. The first-order valence-electron chi connectivity index (χ1n) is 8.43. The Labute approximate surface area is 157 Å². The predicted octanol–water partition coefficient (Wildman–Crippen LogP) is 1.19. The Morgan fingerprint density at radius 3 is 2.74 bits per heavy atom. The largest absolute Gasteiger partial charge is 0.470 e. The number of ether oxygens (including phenoxy) is 1. The van der Waals surface area contributed by atoms with Crippen LogP contribution < -0.4 is 4.74 Å². The molecule has 8 nitrogen and oxygen atoms in total. The third kappa shape index (κ3) is 4.60. The molecule has 1 amide bonds. The molecule has 1 saturated heterocycles. The van der Waals surface area contributed by atoms with Crippen LogP contribution in [0.4, 0.5) is 0 Å². The van der Waals surface area contributed by atoms with Crippen molar-refractivity contribution in [2.45, 2.75) is 23.8 Å². The molecule has 0 N–H and O–H groups in total. The van der Waals surface area contributed by atoms with Crippen LogP contribution in [0.1, 0.15) is 18.5 Å². The Hall–Kier alpha value is -2.99. The molecule has 1 atom stereocenters. The summed E-state index contributed by atoms with van der Waals surface area (Å²) in [4.78, 5) is 22.0. The summed E-state index contributed by atoms with van der Waals surface area (Å²) in [5.74, 6) is -0.327. The van der Waals surface area contributed by atoms with Crippen LogP contribution in [-0.4, -0.2) is 54.1 Å². The van der Waals surface area contributed by atoms with Crippen molar-refractivity contribution in [1.29, 1.82) is 5.26 Å². The highest BCUT2D eigenvalue weighted by Gasteiger charge is 2.29. The molecule has 1 aromatic carbocycles. The van der Waals surface area contributed by atoms with Crippen LogP contribution in [0.2, 0.25) is 0 Å². The SMILES string of the molecule is N#Cc1nccnc1OC1CCN(C(=O)CCS(=O)(=O)c2ccccc2)C1. The second kappa shape index (κ2) is 8.14. The van der Waals surface area contributed by atoms with Crippen LogP contribution in [-0.2, 0) is 14.6 Å². The molecule has 2 heterocycles. The summed E-state index contributed by atoms with van der Waals surface area (Å²) in [6.07, 6.45) is 3.03. The van der Waals surface area contributed by atoms with E-state index in [-0.39, 0.29) is 40.7 Å². The molecule has 1 aliphatic rings. The highest BCUT2D eigenvalue weighted by Crippen LogP contribution is 2.19. The quantitative estimate of drug-likeness (QED) is 0.733. The fraction of sp³-hybridized carbons (Fsp3) is 0.333. The fourth-order valence-corrected chi connectivity index (χ4v) is 4.07. The number of nitrogens with zero attached hydrogens (tertiary/aromatic N) is 4. The van der Waals surface area contributed by atoms with E-state index in [1.807, 2.05) is 6.07 Å². The van der Waals surface area contributed by atoms with Gasteiger partial charge in [0.25, 0.3) is 5.88 Å². The number of amides is 1. The molecule has 27 heavy (non-hydrogen) atoms. The van der Waals surface area contributed by atoms with E-state index in [4.69, 9.17) is 10.00 Å². The fourth-order valence-electron chi connectivity index (χ4n) is 2.82. The monoisotopic (exact) mass is 386 g/mol. The Bertz CT molecular complexity index is 957. The lowest BCUT2D eigenvalue weighted by Gasteiger charge is -2.17.